The summed E-state index contributed by atoms with van der Waals surface area (Å²) in [5.41, 5.74) is 8.69. The van der Waals surface area contributed by atoms with Crippen LogP contribution in [0, 0.1) is 11.3 Å². The Balaban J connectivity index is 2.16. The lowest BCUT2D eigenvalue weighted by Gasteiger charge is -2.29. The van der Waals surface area contributed by atoms with Crippen molar-refractivity contribution in [3.63, 3.8) is 0 Å². The number of hydrogen-bond donors (Lipinski definition) is 1. The maximum Gasteiger partial charge on any atom is 0.205 e. The molecule has 1 aliphatic carbocycles. The first-order valence-electron chi connectivity index (χ1n) is 7.68. The van der Waals surface area contributed by atoms with Crippen molar-refractivity contribution < 1.29 is 9.47 Å². The van der Waals surface area contributed by atoms with Crippen LogP contribution in [0.5, 0.6) is 5.75 Å². The second-order valence-electron chi connectivity index (χ2n) is 5.68. The molecular formula is C18H20N2O2. The molecule has 0 aromatic heterocycles. The molecule has 0 saturated carbocycles. The van der Waals surface area contributed by atoms with Gasteiger partial charge in [-0.15, -0.1) is 0 Å². The van der Waals surface area contributed by atoms with Gasteiger partial charge in [-0.05, 0) is 30.9 Å². The van der Waals surface area contributed by atoms with Gasteiger partial charge in [0.2, 0.25) is 5.88 Å². The number of methoxy groups -OCH3 is 1. The first-order chi connectivity index (χ1) is 10.8. The van der Waals surface area contributed by atoms with Crippen LogP contribution >= 0.6 is 0 Å². The standard InChI is InChI=1S/C18H20N2O2/c1-21-15-9-6-5-8-12(15)17-13-7-3-2-4-10-16(13)22-18(20)14(17)11-19/h5-6,8-9,17H,2-4,7,10,20H2,1H3. The van der Waals surface area contributed by atoms with Crippen LogP contribution in [0.15, 0.2) is 47.1 Å². The van der Waals surface area contributed by atoms with Gasteiger partial charge in [-0.3, -0.25) is 0 Å². The van der Waals surface area contributed by atoms with E-state index >= 15 is 0 Å². The molecule has 0 spiro atoms. The third-order valence-electron chi connectivity index (χ3n) is 4.41. The molecule has 4 nitrogen and oxygen atoms in total. The number of rotatable bonds is 2. The fourth-order valence-electron chi connectivity index (χ4n) is 3.37. The minimum atomic E-state index is -0.150. The summed E-state index contributed by atoms with van der Waals surface area (Å²) in [7, 11) is 1.65. The summed E-state index contributed by atoms with van der Waals surface area (Å²) in [6.45, 7) is 0. The zero-order chi connectivity index (χ0) is 15.5. The Morgan fingerprint density at radius 3 is 2.77 bits per heavy atom. The lowest BCUT2D eigenvalue weighted by atomic mass is 9.81. The molecule has 0 saturated heterocycles. The summed E-state index contributed by atoms with van der Waals surface area (Å²) in [5, 5.41) is 9.59. The van der Waals surface area contributed by atoms with Crippen LogP contribution in [0.25, 0.3) is 0 Å². The number of allylic oxidation sites excluding steroid dienone is 3. The zero-order valence-corrected chi connectivity index (χ0v) is 12.8. The zero-order valence-electron chi connectivity index (χ0n) is 12.8. The van der Waals surface area contributed by atoms with Crippen molar-refractivity contribution in [2.45, 2.75) is 38.0 Å². The number of ether oxygens (including phenoxy) is 2. The third kappa shape index (κ3) is 2.43. The van der Waals surface area contributed by atoms with Crippen molar-refractivity contribution in [3.8, 4) is 11.8 Å². The van der Waals surface area contributed by atoms with Crippen LogP contribution in [-0.4, -0.2) is 7.11 Å². The van der Waals surface area contributed by atoms with E-state index in [1.165, 1.54) is 12.0 Å². The van der Waals surface area contributed by atoms with Crippen molar-refractivity contribution in [2.75, 3.05) is 7.11 Å². The van der Waals surface area contributed by atoms with Gasteiger partial charge in [0.15, 0.2) is 0 Å². The molecule has 0 radical (unpaired) electrons. The number of benzene rings is 1. The average molecular weight is 296 g/mol. The lowest BCUT2D eigenvalue weighted by molar-refractivity contribution is 0.263. The van der Waals surface area contributed by atoms with Crippen molar-refractivity contribution in [3.05, 3.63) is 52.6 Å². The molecular weight excluding hydrogens is 276 g/mol. The number of para-hydroxylation sites is 1. The maximum atomic E-state index is 9.59. The Morgan fingerprint density at radius 1 is 1.23 bits per heavy atom. The highest BCUT2D eigenvalue weighted by molar-refractivity contribution is 5.53. The lowest BCUT2D eigenvalue weighted by Crippen LogP contribution is -2.21. The van der Waals surface area contributed by atoms with E-state index in [4.69, 9.17) is 15.2 Å². The molecule has 4 heteroatoms. The van der Waals surface area contributed by atoms with Crippen molar-refractivity contribution in [2.24, 2.45) is 5.73 Å². The monoisotopic (exact) mass is 296 g/mol. The Kier molecular flexibility index (Phi) is 4.06. The first-order valence-corrected chi connectivity index (χ1v) is 7.68. The van der Waals surface area contributed by atoms with Crippen molar-refractivity contribution in [1.29, 1.82) is 5.26 Å². The van der Waals surface area contributed by atoms with Crippen LogP contribution in [0.3, 0.4) is 0 Å². The van der Waals surface area contributed by atoms with Crippen LogP contribution in [0.1, 0.15) is 43.6 Å². The van der Waals surface area contributed by atoms with E-state index in [1.807, 2.05) is 24.3 Å². The van der Waals surface area contributed by atoms with E-state index in [2.05, 4.69) is 6.07 Å². The van der Waals surface area contributed by atoms with Gasteiger partial charge in [0.05, 0.1) is 13.0 Å². The summed E-state index contributed by atoms with van der Waals surface area (Å²) in [6.07, 6.45) is 5.23. The number of hydrogen-bond acceptors (Lipinski definition) is 4. The number of nitrogens with two attached hydrogens (primary N) is 1. The molecule has 1 unspecified atom stereocenters. The predicted molar refractivity (Wildman–Crippen MR) is 83.8 cm³/mol. The molecule has 1 atom stereocenters. The van der Waals surface area contributed by atoms with E-state index in [9.17, 15) is 5.26 Å². The molecule has 1 aliphatic heterocycles. The van der Waals surface area contributed by atoms with Gasteiger partial charge in [-0.25, -0.2) is 0 Å². The van der Waals surface area contributed by atoms with E-state index in [-0.39, 0.29) is 11.8 Å². The number of nitriles is 1. The van der Waals surface area contributed by atoms with Crippen molar-refractivity contribution >= 4 is 0 Å². The van der Waals surface area contributed by atoms with Gasteiger partial charge in [0.1, 0.15) is 23.2 Å². The van der Waals surface area contributed by atoms with Gasteiger partial charge in [0.25, 0.3) is 0 Å². The van der Waals surface area contributed by atoms with Gasteiger partial charge < -0.3 is 15.2 Å². The molecule has 1 aromatic carbocycles. The fourth-order valence-corrected chi connectivity index (χ4v) is 3.37. The molecule has 2 aliphatic rings. The predicted octanol–water partition coefficient (Wildman–Crippen LogP) is 3.72. The second kappa shape index (κ2) is 6.15. The van der Waals surface area contributed by atoms with E-state index < -0.39 is 0 Å². The molecule has 0 fully saturated rings. The van der Waals surface area contributed by atoms with Crippen molar-refractivity contribution in [1.82, 2.24) is 0 Å². The third-order valence-corrected chi connectivity index (χ3v) is 4.41. The molecule has 3 rings (SSSR count). The summed E-state index contributed by atoms with van der Waals surface area (Å²) in [5.74, 6) is 1.82. The van der Waals surface area contributed by atoms with Gasteiger partial charge >= 0.3 is 0 Å². The highest BCUT2D eigenvalue weighted by atomic mass is 16.5. The molecule has 114 valence electrons. The number of nitrogens with zero attached hydrogens (tertiary/aromatic N) is 1. The van der Waals surface area contributed by atoms with E-state index in [0.29, 0.717) is 5.57 Å². The highest BCUT2D eigenvalue weighted by Crippen LogP contribution is 2.46. The Labute approximate surface area is 130 Å². The molecule has 2 N–H and O–H groups in total. The molecule has 0 bridgehead atoms. The Hall–Kier alpha value is -2.41. The summed E-state index contributed by atoms with van der Waals surface area (Å²) in [4.78, 5) is 0. The topological polar surface area (TPSA) is 68.3 Å². The fraction of sp³-hybridized carbons (Fsp3) is 0.389. The summed E-state index contributed by atoms with van der Waals surface area (Å²) in [6, 6.07) is 10.1. The smallest absolute Gasteiger partial charge is 0.205 e. The van der Waals surface area contributed by atoms with E-state index in [1.54, 1.807) is 7.11 Å². The quantitative estimate of drug-likeness (QED) is 0.903. The van der Waals surface area contributed by atoms with E-state index in [0.717, 1.165) is 42.8 Å². The van der Waals surface area contributed by atoms with Crippen LogP contribution < -0.4 is 10.5 Å². The summed E-state index contributed by atoms with van der Waals surface area (Å²) >= 11 is 0. The average Bonchev–Trinajstić information content (AvgIpc) is 2.78. The van der Waals surface area contributed by atoms with Crippen LogP contribution in [0.4, 0.5) is 0 Å². The molecule has 1 heterocycles. The molecule has 22 heavy (non-hydrogen) atoms. The Bertz CT molecular complexity index is 683. The van der Waals surface area contributed by atoms with Crippen LogP contribution in [-0.2, 0) is 4.74 Å². The molecule has 0 amide bonds. The Morgan fingerprint density at radius 2 is 2.00 bits per heavy atom. The SMILES string of the molecule is COc1ccccc1C1C(C#N)=C(N)OC2=C1CCCCC2. The van der Waals surface area contributed by atoms with Gasteiger partial charge in [-0.1, -0.05) is 24.6 Å². The largest absolute Gasteiger partial charge is 0.496 e. The minimum Gasteiger partial charge on any atom is -0.496 e. The minimum absolute atomic E-state index is 0.150. The highest BCUT2D eigenvalue weighted by Gasteiger charge is 2.34. The van der Waals surface area contributed by atoms with Gasteiger partial charge in [0, 0.05) is 12.0 Å². The van der Waals surface area contributed by atoms with Gasteiger partial charge in [-0.2, -0.15) is 5.26 Å². The second-order valence-corrected chi connectivity index (χ2v) is 5.68. The summed E-state index contributed by atoms with van der Waals surface area (Å²) < 4.78 is 11.3. The first kappa shape index (κ1) is 14.5. The molecule has 1 aromatic rings. The maximum absolute atomic E-state index is 9.59. The van der Waals surface area contributed by atoms with Crippen LogP contribution in [0.2, 0.25) is 0 Å². The normalized spacial score (nSPS) is 21.5.